The Morgan fingerprint density at radius 3 is 1.89 bits per heavy atom. The Morgan fingerprint density at radius 2 is 1.38 bits per heavy atom. The fourth-order valence-electron chi connectivity index (χ4n) is 4.14. The van der Waals surface area contributed by atoms with Crippen LogP contribution in [0.15, 0.2) is 73.3 Å². The van der Waals surface area contributed by atoms with Gasteiger partial charge in [-0.15, -0.1) is 6.58 Å². The molecule has 1 heterocycles. The zero-order chi connectivity index (χ0) is 26.8. The summed E-state index contributed by atoms with van der Waals surface area (Å²) in [7, 11) is 3.28. The van der Waals surface area contributed by atoms with E-state index < -0.39 is 30.2 Å². The molecule has 1 N–H and O–H groups in total. The minimum absolute atomic E-state index is 0.285. The average molecular weight is 513 g/mol. The Kier molecular flexibility index (Phi) is 10.7. The van der Waals surface area contributed by atoms with Gasteiger partial charge in [-0.25, -0.2) is 0 Å². The monoisotopic (exact) mass is 512 g/mol. The third-order valence-corrected chi connectivity index (χ3v) is 6.15. The Labute approximate surface area is 220 Å². The van der Waals surface area contributed by atoms with Crippen molar-refractivity contribution in [2.45, 2.75) is 76.7 Å². The standard InChI is InChI=1S/C30H40O7/c1-7-8-24(31)13-18-27(35-20-23-11-16-26(33-6)17-12-23)29-28(36-30(3,4)37-29)21(2)34-19-22-9-14-25(32-5)15-10-22/h7,9-18,21,24,27-29,31H,1,8,19-20H2,2-6H3/b18-13-/t21-,24+,27+,28-,29+/m0/s1. The number of methoxy groups -OCH3 is 2. The molecule has 2 aromatic carbocycles. The van der Waals surface area contributed by atoms with Crippen molar-refractivity contribution in [3.05, 3.63) is 84.5 Å². The van der Waals surface area contributed by atoms with Gasteiger partial charge >= 0.3 is 0 Å². The molecule has 7 nitrogen and oxygen atoms in total. The van der Waals surface area contributed by atoms with Crippen LogP contribution in [0.3, 0.4) is 0 Å². The largest absolute Gasteiger partial charge is 0.497 e. The number of ether oxygens (including phenoxy) is 6. The first-order valence-corrected chi connectivity index (χ1v) is 12.6. The van der Waals surface area contributed by atoms with E-state index in [1.54, 1.807) is 26.4 Å². The van der Waals surface area contributed by atoms with E-state index in [4.69, 9.17) is 28.4 Å². The van der Waals surface area contributed by atoms with Crippen LogP contribution in [0.25, 0.3) is 0 Å². The molecular weight excluding hydrogens is 472 g/mol. The van der Waals surface area contributed by atoms with E-state index >= 15 is 0 Å². The molecular formula is C30H40O7. The fraction of sp³-hybridized carbons (Fsp3) is 0.467. The molecule has 1 fully saturated rings. The molecule has 0 bridgehead atoms. The molecule has 7 heteroatoms. The SMILES string of the molecule is C=CC[C@@H](O)/C=C\[C@@H](OCc1ccc(OC)cc1)[C@H]1OC(C)(C)O[C@H]1[C@H](C)OCc1ccc(OC)cc1. The second-order valence-electron chi connectivity index (χ2n) is 9.53. The zero-order valence-electron chi connectivity index (χ0n) is 22.5. The summed E-state index contributed by atoms with van der Waals surface area (Å²) in [5, 5.41) is 10.3. The Morgan fingerprint density at radius 1 is 0.865 bits per heavy atom. The molecule has 202 valence electrons. The van der Waals surface area contributed by atoms with Crippen molar-refractivity contribution in [1.29, 1.82) is 0 Å². The number of aliphatic hydroxyl groups excluding tert-OH is 1. The summed E-state index contributed by atoms with van der Waals surface area (Å²) in [5.41, 5.74) is 2.02. The third kappa shape index (κ3) is 8.69. The number of hydrogen-bond acceptors (Lipinski definition) is 7. The summed E-state index contributed by atoms with van der Waals surface area (Å²) < 4.78 is 35.6. The molecule has 0 radical (unpaired) electrons. The maximum Gasteiger partial charge on any atom is 0.164 e. The van der Waals surface area contributed by atoms with Crippen molar-refractivity contribution >= 4 is 0 Å². The first-order valence-electron chi connectivity index (χ1n) is 12.6. The van der Waals surface area contributed by atoms with E-state index in [0.717, 1.165) is 22.6 Å². The maximum absolute atomic E-state index is 10.3. The van der Waals surface area contributed by atoms with Crippen molar-refractivity contribution in [2.24, 2.45) is 0 Å². The summed E-state index contributed by atoms with van der Waals surface area (Å²) in [6.45, 7) is 10.2. The van der Waals surface area contributed by atoms with Crippen molar-refractivity contribution in [2.75, 3.05) is 14.2 Å². The number of hydrogen-bond donors (Lipinski definition) is 1. The van der Waals surface area contributed by atoms with E-state index in [-0.39, 0.29) is 6.10 Å². The number of rotatable bonds is 14. The van der Waals surface area contributed by atoms with Gasteiger partial charge in [0.25, 0.3) is 0 Å². The van der Waals surface area contributed by atoms with Crippen LogP contribution in [0.5, 0.6) is 11.5 Å². The van der Waals surface area contributed by atoms with Gasteiger partial charge in [-0.05, 0) is 62.6 Å². The van der Waals surface area contributed by atoms with Gasteiger partial charge in [-0.3, -0.25) is 0 Å². The summed E-state index contributed by atoms with van der Waals surface area (Å²) in [4.78, 5) is 0. The lowest BCUT2D eigenvalue weighted by molar-refractivity contribution is -0.163. The highest BCUT2D eigenvalue weighted by Gasteiger charge is 2.47. The van der Waals surface area contributed by atoms with Gasteiger partial charge in [0, 0.05) is 0 Å². The second-order valence-corrected chi connectivity index (χ2v) is 9.53. The number of benzene rings is 2. The molecule has 0 spiro atoms. The van der Waals surface area contributed by atoms with Crippen LogP contribution in [0.1, 0.15) is 38.3 Å². The van der Waals surface area contributed by atoms with Crippen LogP contribution < -0.4 is 9.47 Å². The van der Waals surface area contributed by atoms with Gasteiger partial charge in [0.2, 0.25) is 0 Å². The molecule has 0 amide bonds. The van der Waals surface area contributed by atoms with E-state index in [9.17, 15) is 5.11 Å². The topological polar surface area (TPSA) is 75.6 Å². The molecule has 3 rings (SSSR count). The van der Waals surface area contributed by atoms with Crippen molar-refractivity contribution in [3.8, 4) is 11.5 Å². The van der Waals surface area contributed by atoms with Crippen LogP contribution in [0.4, 0.5) is 0 Å². The maximum atomic E-state index is 10.3. The zero-order valence-corrected chi connectivity index (χ0v) is 22.5. The lowest BCUT2D eigenvalue weighted by atomic mass is 10.0. The molecule has 0 unspecified atom stereocenters. The predicted molar refractivity (Wildman–Crippen MR) is 143 cm³/mol. The van der Waals surface area contributed by atoms with Gasteiger partial charge in [0.1, 0.15) is 29.8 Å². The molecule has 1 aliphatic heterocycles. The quantitative estimate of drug-likeness (QED) is 0.348. The Bertz CT molecular complexity index is 984. The predicted octanol–water partition coefficient (Wildman–Crippen LogP) is 5.21. The Hall–Kier alpha value is -2.68. The van der Waals surface area contributed by atoms with E-state index in [0.29, 0.717) is 19.6 Å². The summed E-state index contributed by atoms with van der Waals surface area (Å²) in [5.74, 6) is 0.765. The minimum atomic E-state index is -0.817. The molecule has 0 aromatic heterocycles. The minimum Gasteiger partial charge on any atom is -0.497 e. The van der Waals surface area contributed by atoms with Gasteiger partial charge in [0.15, 0.2) is 5.79 Å². The lowest BCUT2D eigenvalue weighted by Crippen LogP contribution is -2.42. The van der Waals surface area contributed by atoms with Crippen molar-refractivity contribution in [1.82, 2.24) is 0 Å². The summed E-state index contributed by atoms with van der Waals surface area (Å²) >= 11 is 0. The van der Waals surface area contributed by atoms with Crippen LogP contribution in [-0.2, 0) is 32.2 Å². The highest BCUT2D eigenvalue weighted by atomic mass is 16.8. The molecule has 1 saturated heterocycles. The first-order chi connectivity index (χ1) is 17.7. The van der Waals surface area contributed by atoms with E-state index in [2.05, 4.69) is 6.58 Å². The summed E-state index contributed by atoms with van der Waals surface area (Å²) in [6.07, 6.45) is 3.40. The molecule has 2 aromatic rings. The van der Waals surface area contributed by atoms with Gasteiger partial charge < -0.3 is 33.5 Å². The fourth-order valence-corrected chi connectivity index (χ4v) is 4.14. The van der Waals surface area contributed by atoms with Crippen LogP contribution in [0.2, 0.25) is 0 Å². The Balaban J connectivity index is 1.75. The second kappa shape index (κ2) is 13.7. The third-order valence-electron chi connectivity index (χ3n) is 6.15. The van der Waals surface area contributed by atoms with Crippen LogP contribution >= 0.6 is 0 Å². The van der Waals surface area contributed by atoms with Crippen LogP contribution in [0, 0.1) is 0 Å². The molecule has 5 atom stereocenters. The van der Waals surface area contributed by atoms with Crippen LogP contribution in [-0.4, -0.2) is 55.6 Å². The van der Waals surface area contributed by atoms with Crippen molar-refractivity contribution < 1.29 is 33.5 Å². The molecule has 37 heavy (non-hydrogen) atoms. The highest BCUT2D eigenvalue weighted by molar-refractivity contribution is 5.27. The normalized spacial score (nSPS) is 21.5. The smallest absolute Gasteiger partial charge is 0.164 e. The van der Waals surface area contributed by atoms with E-state index in [1.165, 1.54) is 0 Å². The van der Waals surface area contributed by atoms with Gasteiger partial charge in [0.05, 0.1) is 39.6 Å². The lowest BCUT2D eigenvalue weighted by Gasteiger charge is -2.28. The first kappa shape index (κ1) is 28.9. The van der Waals surface area contributed by atoms with E-state index in [1.807, 2.05) is 75.4 Å². The molecule has 0 aliphatic carbocycles. The number of aliphatic hydroxyl groups is 1. The highest BCUT2D eigenvalue weighted by Crippen LogP contribution is 2.34. The van der Waals surface area contributed by atoms with Gasteiger partial charge in [-0.1, -0.05) is 42.5 Å². The molecule has 1 aliphatic rings. The molecule has 0 saturated carbocycles. The average Bonchev–Trinajstić information content (AvgIpc) is 3.23. The van der Waals surface area contributed by atoms with Crippen molar-refractivity contribution in [3.63, 3.8) is 0 Å². The summed E-state index contributed by atoms with van der Waals surface area (Å²) in [6, 6.07) is 15.5. The van der Waals surface area contributed by atoms with Gasteiger partial charge in [-0.2, -0.15) is 0 Å².